The lowest BCUT2D eigenvalue weighted by molar-refractivity contribution is 0.465. The molecular formula is C12H16Br2N2. The normalized spacial score (nSPS) is 21.2. The maximum atomic E-state index is 3.65. The SMILES string of the molecule is CCC1CNCCN1c1c(Br)cccc1Br. The topological polar surface area (TPSA) is 15.3 Å². The van der Waals surface area contributed by atoms with Gasteiger partial charge >= 0.3 is 0 Å². The number of hydrogen-bond donors (Lipinski definition) is 1. The van der Waals surface area contributed by atoms with Crippen LogP contribution in [0.3, 0.4) is 0 Å². The van der Waals surface area contributed by atoms with Crippen molar-refractivity contribution in [2.75, 3.05) is 24.5 Å². The lowest BCUT2D eigenvalue weighted by Gasteiger charge is -2.38. The third-order valence-electron chi connectivity index (χ3n) is 3.05. The molecule has 1 saturated heterocycles. The molecule has 0 radical (unpaired) electrons. The average Bonchev–Trinajstić information content (AvgIpc) is 2.29. The number of nitrogens with zero attached hydrogens (tertiary/aromatic N) is 1. The quantitative estimate of drug-likeness (QED) is 0.882. The van der Waals surface area contributed by atoms with Crippen molar-refractivity contribution in [3.05, 3.63) is 27.1 Å². The summed E-state index contributed by atoms with van der Waals surface area (Å²) in [7, 11) is 0. The van der Waals surface area contributed by atoms with Crippen LogP contribution in [0.15, 0.2) is 27.1 Å². The highest BCUT2D eigenvalue weighted by Gasteiger charge is 2.23. The van der Waals surface area contributed by atoms with Crippen LogP contribution in [0.25, 0.3) is 0 Å². The molecule has 1 N–H and O–H groups in total. The van der Waals surface area contributed by atoms with Gasteiger partial charge in [0.15, 0.2) is 0 Å². The van der Waals surface area contributed by atoms with Gasteiger partial charge in [-0.15, -0.1) is 0 Å². The van der Waals surface area contributed by atoms with Crippen molar-refractivity contribution in [2.45, 2.75) is 19.4 Å². The molecule has 1 heterocycles. The Hall–Kier alpha value is -0.0600. The molecule has 1 aliphatic rings. The van der Waals surface area contributed by atoms with E-state index < -0.39 is 0 Å². The number of anilines is 1. The second-order valence-electron chi connectivity index (χ2n) is 4.03. The van der Waals surface area contributed by atoms with Crippen LogP contribution in [0.5, 0.6) is 0 Å². The predicted octanol–water partition coefficient (Wildman–Crippen LogP) is 3.40. The van der Waals surface area contributed by atoms with Gasteiger partial charge in [-0.05, 0) is 50.4 Å². The van der Waals surface area contributed by atoms with E-state index >= 15 is 0 Å². The van der Waals surface area contributed by atoms with Crippen molar-refractivity contribution >= 4 is 37.5 Å². The Balaban J connectivity index is 2.34. The summed E-state index contributed by atoms with van der Waals surface area (Å²) in [6, 6.07) is 6.86. The van der Waals surface area contributed by atoms with Gasteiger partial charge in [0.2, 0.25) is 0 Å². The van der Waals surface area contributed by atoms with Gasteiger partial charge in [-0.3, -0.25) is 0 Å². The molecule has 0 aliphatic carbocycles. The van der Waals surface area contributed by atoms with Crippen molar-refractivity contribution < 1.29 is 0 Å². The van der Waals surface area contributed by atoms with Gasteiger partial charge in [0, 0.05) is 34.6 Å². The van der Waals surface area contributed by atoms with E-state index in [-0.39, 0.29) is 0 Å². The minimum absolute atomic E-state index is 0.587. The lowest BCUT2D eigenvalue weighted by Crippen LogP contribution is -2.51. The summed E-state index contributed by atoms with van der Waals surface area (Å²) < 4.78 is 2.34. The third-order valence-corrected chi connectivity index (χ3v) is 4.33. The lowest BCUT2D eigenvalue weighted by atomic mass is 10.1. The third kappa shape index (κ3) is 2.44. The van der Waals surface area contributed by atoms with Crippen LogP contribution in [-0.4, -0.2) is 25.7 Å². The Morgan fingerprint density at radius 1 is 1.38 bits per heavy atom. The molecule has 1 aromatic rings. The largest absolute Gasteiger partial charge is 0.364 e. The maximum Gasteiger partial charge on any atom is 0.0658 e. The second-order valence-corrected chi connectivity index (χ2v) is 5.74. The number of halogens is 2. The molecule has 1 aromatic carbocycles. The second kappa shape index (κ2) is 5.52. The van der Waals surface area contributed by atoms with E-state index in [1.807, 2.05) is 0 Å². The van der Waals surface area contributed by atoms with Crippen molar-refractivity contribution in [3.8, 4) is 0 Å². The number of rotatable bonds is 2. The first-order valence-corrected chi connectivity index (χ1v) is 7.24. The van der Waals surface area contributed by atoms with Crippen LogP contribution < -0.4 is 10.2 Å². The summed E-state index contributed by atoms with van der Waals surface area (Å²) in [5, 5.41) is 3.45. The van der Waals surface area contributed by atoms with Crippen molar-refractivity contribution in [2.24, 2.45) is 0 Å². The molecule has 0 amide bonds. The number of hydrogen-bond acceptors (Lipinski definition) is 2. The minimum atomic E-state index is 0.587. The number of benzene rings is 1. The van der Waals surface area contributed by atoms with Gasteiger partial charge in [-0.2, -0.15) is 0 Å². The van der Waals surface area contributed by atoms with Crippen molar-refractivity contribution in [3.63, 3.8) is 0 Å². The highest BCUT2D eigenvalue weighted by Crippen LogP contribution is 2.35. The Kier molecular flexibility index (Phi) is 4.27. The van der Waals surface area contributed by atoms with Gasteiger partial charge in [0.1, 0.15) is 0 Å². The predicted molar refractivity (Wildman–Crippen MR) is 76.1 cm³/mol. The zero-order valence-electron chi connectivity index (χ0n) is 9.34. The van der Waals surface area contributed by atoms with Gasteiger partial charge in [-0.25, -0.2) is 0 Å². The highest BCUT2D eigenvalue weighted by atomic mass is 79.9. The molecule has 0 aromatic heterocycles. The maximum absolute atomic E-state index is 3.65. The molecule has 1 atom stereocenters. The van der Waals surface area contributed by atoms with Crippen LogP contribution in [0.4, 0.5) is 5.69 Å². The molecular weight excluding hydrogens is 332 g/mol. The number of para-hydroxylation sites is 1. The zero-order chi connectivity index (χ0) is 11.5. The van der Waals surface area contributed by atoms with E-state index in [2.05, 4.69) is 67.2 Å². The first-order chi connectivity index (χ1) is 7.74. The van der Waals surface area contributed by atoms with E-state index in [0.29, 0.717) is 6.04 Å². The van der Waals surface area contributed by atoms with E-state index in [1.165, 1.54) is 21.1 Å². The number of piperazine rings is 1. The smallest absolute Gasteiger partial charge is 0.0658 e. The van der Waals surface area contributed by atoms with Crippen LogP contribution in [-0.2, 0) is 0 Å². The fraction of sp³-hybridized carbons (Fsp3) is 0.500. The highest BCUT2D eigenvalue weighted by molar-refractivity contribution is 9.11. The summed E-state index contributed by atoms with van der Waals surface area (Å²) in [6.07, 6.45) is 1.17. The Labute approximate surface area is 114 Å². The summed E-state index contributed by atoms with van der Waals surface area (Å²) in [5.74, 6) is 0. The van der Waals surface area contributed by atoms with Gasteiger partial charge in [-0.1, -0.05) is 13.0 Å². The van der Waals surface area contributed by atoms with Crippen LogP contribution in [0.1, 0.15) is 13.3 Å². The fourth-order valence-electron chi connectivity index (χ4n) is 2.18. The summed E-state index contributed by atoms with van der Waals surface area (Å²) in [5.41, 5.74) is 1.29. The Bertz CT molecular complexity index is 348. The van der Waals surface area contributed by atoms with Crippen LogP contribution in [0.2, 0.25) is 0 Å². The molecule has 88 valence electrons. The van der Waals surface area contributed by atoms with E-state index in [1.54, 1.807) is 0 Å². The molecule has 0 spiro atoms. The van der Waals surface area contributed by atoms with Crippen LogP contribution >= 0.6 is 31.9 Å². The zero-order valence-corrected chi connectivity index (χ0v) is 12.5. The van der Waals surface area contributed by atoms with Gasteiger partial charge < -0.3 is 10.2 Å². The molecule has 1 fully saturated rings. The summed E-state index contributed by atoms with van der Waals surface area (Å²) >= 11 is 7.29. The summed E-state index contributed by atoms with van der Waals surface area (Å²) in [6.45, 7) is 5.45. The minimum Gasteiger partial charge on any atom is -0.364 e. The summed E-state index contributed by atoms with van der Waals surface area (Å²) in [4.78, 5) is 2.49. The van der Waals surface area contributed by atoms with Gasteiger partial charge in [0.25, 0.3) is 0 Å². The van der Waals surface area contributed by atoms with Gasteiger partial charge in [0.05, 0.1) is 5.69 Å². The Morgan fingerprint density at radius 3 is 2.69 bits per heavy atom. The fourth-order valence-corrected chi connectivity index (χ4v) is 3.64. The van der Waals surface area contributed by atoms with Crippen molar-refractivity contribution in [1.82, 2.24) is 5.32 Å². The molecule has 16 heavy (non-hydrogen) atoms. The first-order valence-electron chi connectivity index (χ1n) is 5.65. The van der Waals surface area contributed by atoms with E-state index in [9.17, 15) is 0 Å². The first kappa shape index (κ1) is 12.4. The van der Waals surface area contributed by atoms with E-state index in [4.69, 9.17) is 0 Å². The molecule has 1 aliphatic heterocycles. The molecule has 0 bridgehead atoms. The molecule has 0 saturated carbocycles. The molecule has 2 nitrogen and oxygen atoms in total. The molecule has 1 unspecified atom stereocenters. The van der Waals surface area contributed by atoms with Crippen molar-refractivity contribution in [1.29, 1.82) is 0 Å². The van der Waals surface area contributed by atoms with E-state index in [0.717, 1.165) is 19.6 Å². The monoisotopic (exact) mass is 346 g/mol. The number of nitrogens with one attached hydrogen (secondary N) is 1. The molecule has 4 heteroatoms. The molecule has 2 rings (SSSR count). The van der Waals surface area contributed by atoms with Crippen LogP contribution in [0, 0.1) is 0 Å². The Morgan fingerprint density at radius 2 is 2.06 bits per heavy atom. The average molecular weight is 348 g/mol. The standard InChI is InChI=1S/C12H16Br2N2/c1-2-9-8-15-6-7-16(9)12-10(13)4-3-5-11(12)14/h3-5,9,15H,2,6-8H2,1H3.